The van der Waals surface area contributed by atoms with Crippen LogP contribution >= 0.6 is 23.1 Å². The van der Waals surface area contributed by atoms with Gasteiger partial charge in [-0.05, 0) is 19.4 Å². The standard InChI is InChI=1S/C14H14N4OS2/c1-8-5-3-4-6-10(8)12-17-11(19-18-12)7-20-13-9(2)16-14(15)21-13/h3-6H,7H2,1-2H3,(H2,15,16). The van der Waals surface area contributed by atoms with Gasteiger partial charge in [-0.3, -0.25) is 0 Å². The SMILES string of the molecule is Cc1ccccc1-c1noc(CSc2sc(N)nc2C)n1. The average molecular weight is 318 g/mol. The molecule has 3 rings (SSSR count). The molecule has 2 N–H and O–H groups in total. The second-order valence-corrected chi connectivity index (χ2v) is 6.81. The van der Waals surface area contributed by atoms with E-state index >= 15 is 0 Å². The van der Waals surface area contributed by atoms with Gasteiger partial charge in [0.1, 0.15) is 0 Å². The van der Waals surface area contributed by atoms with Gasteiger partial charge in [0.25, 0.3) is 0 Å². The van der Waals surface area contributed by atoms with Crippen molar-refractivity contribution in [2.24, 2.45) is 0 Å². The van der Waals surface area contributed by atoms with E-state index in [1.54, 1.807) is 11.8 Å². The van der Waals surface area contributed by atoms with Crippen molar-refractivity contribution in [1.82, 2.24) is 15.1 Å². The summed E-state index contributed by atoms with van der Waals surface area (Å²) >= 11 is 3.09. The van der Waals surface area contributed by atoms with Crippen LogP contribution in [0.3, 0.4) is 0 Å². The van der Waals surface area contributed by atoms with Crippen LogP contribution in [0.1, 0.15) is 17.1 Å². The first-order valence-electron chi connectivity index (χ1n) is 6.38. The van der Waals surface area contributed by atoms with E-state index in [-0.39, 0.29) is 0 Å². The molecular formula is C14H14N4OS2. The van der Waals surface area contributed by atoms with Crippen LogP contribution in [0, 0.1) is 13.8 Å². The Labute approximate surface area is 130 Å². The minimum absolute atomic E-state index is 0.584. The van der Waals surface area contributed by atoms with Crippen LogP contribution in [0.4, 0.5) is 5.13 Å². The first-order valence-corrected chi connectivity index (χ1v) is 8.18. The van der Waals surface area contributed by atoms with E-state index in [1.807, 2.05) is 38.1 Å². The summed E-state index contributed by atoms with van der Waals surface area (Å²) < 4.78 is 6.40. The number of thiazole rings is 1. The molecule has 0 fully saturated rings. The fourth-order valence-electron chi connectivity index (χ4n) is 1.91. The molecule has 7 heteroatoms. The number of rotatable bonds is 4. The third kappa shape index (κ3) is 3.08. The molecule has 5 nitrogen and oxygen atoms in total. The largest absolute Gasteiger partial charge is 0.375 e. The Morgan fingerprint density at radius 3 is 2.76 bits per heavy atom. The number of hydrogen-bond acceptors (Lipinski definition) is 7. The van der Waals surface area contributed by atoms with Crippen molar-refractivity contribution in [1.29, 1.82) is 0 Å². The number of benzene rings is 1. The van der Waals surface area contributed by atoms with Crippen LogP contribution in [-0.2, 0) is 5.75 Å². The molecule has 0 aliphatic carbocycles. The average Bonchev–Trinajstić information content (AvgIpc) is 3.04. The Morgan fingerprint density at radius 2 is 2.05 bits per heavy atom. The van der Waals surface area contributed by atoms with E-state index in [2.05, 4.69) is 15.1 Å². The number of nitrogens with zero attached hydrogens (tertiary/aromatic N) is 3. The van der Waals surface area contributed by atoms with E-state index in [0.29, 0.717) is 22.6 Å². The van der Waals surface area contributed by atoms with Gasteiger partial charge in [0, 0.05) is 5.56 Å². The molecule has 0 unspecified atom stereocenters. The van der Waals surface area contributed by atoms with Crippen LogP contribution in [-0.4, -0.2) is 15.1 Å². The van der Waals surface area contributed by atoms with Crippen LogP contribution in [0.15, 0.2) is 33.0 Å². The lowest BCUT2D eigenvalue weighted by Gasteiger charge is -1.98. The molecular weight excluding hydrogens is 304 g/mol. The van der Waals surface area contributed by atoms with Gasteiger partial charge in [-0.2, -0.15) is 4.98 Å². The zero-order chi connectivity index (χ0) is 14.8. The number of aromatic nitrogens is 3. The molecule has 1 aromatic carbocycles. The predicted octanol–water partition coefficient (Wildman–Crippen LogP) is 3.68. The maximum absolute atomic E-state index is 5.69. The predicted molar refractivity (Wildman–Crippen MR) is 85.3 cm³/mol. The third-order valence-corrected chi connectivity index (χ3v) is 5.29. The summed E-state index contributed by atoms with van der Waals surface area (Å²) in [6.45, 7) is 3.98. The zero-order valence-corrected chi connectivity index (χ0v) is 13.3. The highest BCUT2D eigenvalue weighted by molar-refractivity contribution is 8.00. The minimum atomic E-state index is 0.584. The number of aryl methyl sites for hydroxylation is 2. The highest BCUT2D eigenvalue weighted by atomic mass is 32.2. The van der Waals surface area contributed by atoms with Gasteiger partial charge >= 0.3 is 0 Å². The van der Waals surface area contributed by atoms with Crippen molar-refractivity contribution in [3.8, 4) is 11.4 Å². The molecule has 3 aromatic rings. The molecule has 2 heterocycles. The Morgan fingerprint density at radius 1 is 1.24 bits per heavy atom. The smallest absolute Gasteiger partial charge is 0.237 e. The highest BCUT2D eigenvalue weighted by Crippen LogP contribution is 2.32. The summed E-state index contributed by atoms with van der Waals surface area (Å²) in [5.41, 5.74) is 8.76. The lowest BCUT2D eigenvalue weighted by atomic mass is 10.1. The Balaban J connectivity index is 1.74. The lowest BCUT2D eigenvalue weighted by Crippen LogP contribution is -1.85. The number of nitrogen functional groups attached to an aromatic ring is 1. The number of anilines is 1. The van der Waals surface area contributed by atoms with Gasteiger partial charge in [0.05, 0.1) is 15.7 Å². The van der Waals surface area contributed by atoms with Crippen LogP contribution in [0.5, 0.6) is 0 Å². The number of thioether (sulfide) groups is 1. The van der Waals surface area contributed by atoms with E-state index < -0.39 is 0 Å². The first-order chi connectivity index (χ1) is 10.1. The summed E-state index contributed by atoms with van der Waals surface area (Å²) in [4.78, 5) is 8.64. The van der Waals surface area contributed by atoms with Crippen LogP contribution in [0.25, 0.3) is 11.4 Å². The van der Waals surface area contributed by atoms with Gasteiger partial charge in [-0.15, -0.1) is 11.8 Å². The summed E-state index contributed by atoms with van der Waals surface area (Å²) in [5, 5.41) is 4.64. The maximum atomic E-state index is 5.69. The molecule has 0 spiro atoms. The molecule has 0 atom stereocenters. The third-order valence-electron chi connectivity index (χ3n) is 2.95. The van der Waals surface area contributed by atoms with Gasteiger partial charge in [-0.25, -0.2) is 4.98 Å². The molecule has 2 aromatic heterocycles. The van der Waals surface area contributed by atoms with Crippen LogP contribution in [0.2, 0.25) is 0 Å². The van der Waals surface area contributed by atoms with Gasteiger partial charge in [0.2, 0.25) is 11.7 Å². The summed E-state index contributed by atoms with van der Waals surface area (Å²) in [7, 11) is 0. The lowest BCUT2D eigenvalue weighted by molar-refractivity contribution is 0.391. The molecule has 0 amide bonds. The van der Waals surface area contributed by atoms with E-state index in [9.17, 15) is 0 Å². The number of hydrogen-bond donors (Lipinski definition) is 1. The molecule has 0 bridgehead atoms. The van der Waals surface area contributed by atoms with E-state index in [1.165, 1.54) is 11.3 Å². The summed E-state index contributed by atoms with van der Waals surface area (Å²) in [6, 6.07) is 7.98. The highest BCUT2D eigenvalue weighted by Gasteiger charge is 2.12. The minimum Gasteiger partial charge on any atom is -0.375 e. The molecule has 0 saturated heterocycles. The second kappa shape index (κ2) is 5.87. The molecule has 108 valence electrons. The molecule has 0 radical (unpaired) electrons. The molecule has 21 heavy (non-hydrogen) atoms. The van der Waals surface area contributed by atoms with Gasteiger partial charge in [0.15, 0.2) is 5.13 Å². The second-order valence-electron chi connectivity index (χ2n) is 4.54. The summed E-state index contributed by atoms with van der Waals surface area (Å²) in [5.74, 6) is 1.84. The monoisotopic (exact) mass is 318 g/mol. The fraction of sp³-hybridized carbons (Fsp3) is 0.214. The molecule has 0 saturated carbocycles. The first kappa shape index (κ1) is 14.1. The maximum Gasteiger partial charge on any atom is 0.237 e. The Hall–Kier alpha value is -1.86. The normalized spacial score (nSPS) is 11.0. The van der Waals surface area contributed by atoms with Crippen molar-refractivity contribution in [2.45, 2.75) is 23.8 Å². The van der Waals surface area contributed by atoms with Crippen molar-refractivity contribution in [2.75, 3.05) is 5.73 Å². The van der Waals surface area contributed by atoms with Crippen molar-refractivity contribution in [3.63, 3.8) is 0 Å². The quantitative estimate of drug-likeness (QED) is 0.739. The van der Waals surface area contributed by atoms with E-state index in [0.717, 1.165) is 21.0 Å². The topological polar surface area (TPSA) is 77.8 Å². The van der Waals surface area contributed by atoms with Crippen LogP contribution < -0.4 is 5.73 Å². The molecule has 0 aliphatic heterocycles. The number of nitrogens with two attached hydrogens (primary N) is 1. The van der Waals surface area contributed by atoms with E-state index in [4.69, 9.17) is 10.3 Å². The molecule has 0 aliphatic rings. The van der Waals surface area contributed by atoms with Crippen molar-refractivity contribution in [3.05, 3.63) is 41.4 Å². The van der Waals surface area contributed by atoms with Gasteiger partial charge in [-0.1, -0.05) is 40.8 Å². The van der Waals surface area contributed by atoms with Crippen molar-refractivity contribution >= 4 is 28.2 Å². The fourth-order valence-corrected chi connectivity index (χ4v) is 3.77. The Kier molecular flexibility index (Phi) is 3.94. The van der Waals surface area contributed by atoms with Gasteiger partial charge < -0.3 is 10.3 Å². The summed E-state index contributed by atoms with van der Waals surface area (Å²) in [6.07, 6.45) is 0. The Bertz CT molecular complexity index is 766. The zero-order valence-electron chi connectivity index (χ0n) is 11.7. The van der Waals surface area contributed by atoms with Crippen molar-refractivity contribution < 1.29 is 4.52 Å².